The molecule has 0 amide bonds. The molecule has 1 aliphatic rings. The fourth-order valence-corrected chi connectivity index (χ4v) is 2.37. The Hall–Kier alpha value is -0.550. The molecule has 0 bridgehead atoms. The normalized spacial score (nSPS) is 19.2. The maximum Gasteiger partial charge on any atom is 0.323 e. The molecule has 0 atom stereocenters. The van der Waals surface area contributed by atoms with E-state index in [0.29, 0.717) is 5.92 Å². The van der Waals surface area contributed by atoms with Crippen molar-refractivity contribution in [3.05, 3.63) is 20.8 Å². The summed E-state index contributed by atoms with van der Waals surface area (Å²) in [5.41, 5.74) is 0.895. The summed E-state index contributed by atoms with van der Waals surface area (Å²) in [6.45, 7) is 2.06. The first-order chi connectivity index (χ1) is 6.27. The molecule has 0 saturated carbocycles. The molecular weight excluding hydrogens is 234 g/mol. The maximum atomic E-state index is 11.0. The Labute approximate surface area is 84.3 Å². The first-order valence-corrected chi connectivity index (χ1v) is 5.25. The third-order valence-electron chi connectivity index (χ3n) is 2.46. The highest BCUT2D eigenvalue weighted by atomic mass is 79.9. The number of aromatic amines is 2. The van der Waals surface area contributed by atoms with E-state index in [4.69, 9.17) is 0 Å². The van der Waals surface area contributed by atoms with Crippen molar-refractivity contribution >= 4 is 15.9 Å². The summed E-state index contributed by atoms with van der Waals surface area (Å²) in [5, 5.41) is 3.29. The number of H-pyrrole nitrogens is 2. The van der Waals surface area contributed by atoms with Crippen molar-refractivity contribution in [1.29, 1.82) is 0 Å². The second kappa shape index (κ2) is 3.67. The average molecular weight is 246 g/mol. The van der Waals surface area contributed by atoms with E-state index < -0.39 is 0 Å². The zero-order chi connectivity index (χ0) is 9.26. The molecule has 0 aliphatic carbocycles. The number of aromatic nitrogens is 2. The van der Waals surface area contributed by atoms with Crippen LogP contribution in [-0.4, -0.2) is 23.1 Å². The highest BCUT2D eigenvalue weighted by Gasteiger charge is 2.19. The summed E-state index contributed by atoms with van der Waals surface area (Å²) in [4.78, 5) is 16.5. The molecule has 2 rings (SSSR count). The van der Waals surface area contributed by atoms with Gasteiger partial charge in [0.2, 0.25) is 0 Å². The first kappa shape index (κ1) is 9.02. The smallest absolute Gasteiger partial charge is 0.317 e. The summed E-state index contributed by atoms with van der Waals surface area (Å²) in [7, 11) is 0. The van der Waals surface area contributed by atoms with Crippen molar-refractivity contribution in [2.75, 3.05) is 13.1 Å². The van der Waals surface area contributed by atoms with Crippen LogP contribution in [0.3, 0.4) is 0 Å². The van der Waals surface area contributed by atoms with Crippen molar-refractivity contribution in [1.82, 2.24) is 15.3 Å². The number of hydrogen-bond donors (Lipinski definition) is 3. The lowest BCUT2D eigenvalue weighted by atomic mass is 9.95. The molecule has 0 aromatic carbocycles. The van der Waals surface area contributed by atoms with Gasteiger partial charge in [0.1, 0.15) is 4.60 Å². The van der Waals surface area contributed by atoms with Gasteiger partial charge in [0.15, 0.2) is 0 Å². The minimum Gasteiger partial charge on any atom is -0.317 e. The molecule has 0 spiro atoms. The molecule has 5 heteroatoms. The molecule has 2 heterocycles. The molecule has 3 N–H and O–H groups in total. The molecule has 0 radical (unpaired) electrons. The molecule has 1 aliphatic heterocycles. The Bertz CT molecular complexity index is 337. The van der Waals surface area contributed by atoms with Crippen LogP contribution in [0.25, 0.3) is 0 Å². The lowest BCUT2D eigenvalue weighted by Gasteiger charge is -2.21. The van der Waals surface area contributed by atoms with E-state index in [1.165, 1.54) is 0 Å². The van der Waals surface area contributed by atoms with Gasteiger partial charge in [0, 0.05) is 5.92 Å². The molecule has 1 fully saturated rings. The minimum absolute atomic E-state index is 0.125. The van der Waals surface area contributed by atoms with E-state index in [1.807, 2.05) is 0 Å². The van der Waals surface area contributed by atoms with Crippen molar-refractivity contribution in [2.24, 2.45) is 0 Å². The van der Waals surface area contributed by atoms with Crippen LogP contribution in [-0.2, 0) is 0 Å². The number of nitrogens with one attached hydrogen (secondary N) is 3. The summed E-state index contributed by atoms with van der Waals surface area (Å²) in [5.74, 6) is 0.481. The predicted octanol–water partition coefficient (Wildman–Crippen LogP) is 0.932. The van der Waals surface area contributed by atoms with Gasteiger partial charge in [-0.1, -0.05) is 0 Å². The highest BCUT2D eigenvalue weighted by Crippen LogP contribution is 2.27. The van der Waals surface area contributed by atoms with E-state index in [1.54, 1.807) is 0 Å². The third kappa shape index (κ3) is 1.86. The predicted molar refractivity (Wildman–Crippen MR) is 54.0 cm³/mol. The van der Waals surface area contributed by atoms with Gasteiger partial charge in [0.05, 0.1) is 5.69 Å². The topological polar surface area (TPSA) is 60.7 Å². The second-order valence-electron chi connectivity index (χ2n) is 3.33. The van der Waals surface area contributed by atoms with Gasteiger partial charge in [0.25, 0.3) is 0 Å². The van der Waals surface area contributed by atoms with E-state index in [-0.39, 0.29) is 5.69 Å². The molecule has 1 aromatic rings. The van der Waals surface area contributed by atoms with E-state index >= 15 is 0 Å². The van der Waals surface area contributed by atoms with Crippen LogP contribution in [0.5, 0.6) is 0 Å². The summed E-state index contributed by atoms with van der Waals surface area (Å²) in [6, 6.07) is 0. The third-order valence-corrected chi connectivity index (χ3v) is 3.08. The Balaban J connectivity index is 2.23. The van der Waals surface area contributed by atoms with Gasteiger partial charge in [-0.3, -0.25) is 0 Å². The number of imidazole rings is 1. The largest absolute Gasteiger partial charge is 0.323 e. The van der Waals surface area contributed by atoms with E-state index in [0.717, 1.165) is 36.2 Å². The van der Waals surface area contributed by atoms with Crippen LogP contribution < -0.4 is 11.0 Å². The maximum absolute atomic E-state index is 11.0. The van der Waals surface area contributed by atoms with Crippen molar-refractivity contribution in [2.45, 2.75) is 18.8 Å². The fraction of sp³-hybridized carbons (Fsp3) is 0.625. The Morgan fingerprint density at radius 3 is 2.46 bits per heavy atom. The zero-order valence-electron chi connectivity index (χ0n) is 7.19. The van der Waals surface area contributed by atoms with Crippen LogP contribution in [0.1, 0.15) is 24.5 Å². The van der Waals surface area contributed by atoms with Gasteiger partial charge in [-0.2, -0.15) is 0 Å². The summed E-state index contributed by atoms with van der Waals surface area (Å²) < 4.78 is 0.810. The van der Waals surface area contributed by atoms with Gasteiger partial charge in [-0.25, -0.2) is 4.79 Å². The van der Waals surface area contributed by atoms with Gasteiger partial charge < -0.3 is 15.3 Å². The van der Waals surface area contributed by atoms with Crippen molar-refractivity contribution in [3.8, 4) is 0 Å². The molecule has 1 saturated heterocycles. The lowest BCUT2D eigenvalue weighted by Crippen LogP contribution is -2.27. The lowest BCUT2D eigenvalue weighted by molar-refractivity contribution is 0.453. The fourth-order valence-electron chi connectivity index (χ4n) is 1.77. The molecule has 4 nitrogen and oxygen atoms in total. The summed E-state index contributed by atoms with van der Waals surface area (Å²) in [6.07, 6.45) is 2.18. The van der Waals surface area contributed by atoms with Crippen LogP contribution in [0.2, 0.25) is 0 Å². The molecule has 1 aromatic heterocycles. The quantitative estimate of drug-likeness (QED) is 0.690. The standard InChI is InChI=1S/C8H12BrN3O/c9-7-6(11-8(13)12-7)5-1-3-10-4-2-5/h5,10H,1-4H2,(H2,11,12,13). The number of piperidine rings is 1. The molecule has 13 heavy (non-hydrogen) atoms. The monoisotopic (exact) mass is 245 g/mol. The molecule has 0 unspecified atom stereocenters. The Morgan fingerprint density at radius 2 is 1.92 bits per heavy atom. The minimum atomic E-state index is -0.125. The van der Waals surface area contributed by atoms with Gasteiger partial charge in [-0.05, 0) is 41.9 Å². The Morgan fingerprint density at radius 1 is 1.23 bits per heavy atom. The van der Waals surface area contributed by atoms with Gasteiger partial charge >= 0.3 is 5.69 Å². The number of rotatable bonds is 1. The van der Waals surface area contributed by atoms with Crippen LogP contribution in [0.4, 0.5) is 0 Å². The van der Waals surface area contributed by atoms with Crippen LogP contribution in [0.15, 0.2) is 9.40 Å². The van der Waals surface area contributed by atoms with Crippen molar-refractivity contribution in [3.63, 3.8) is 0 Å². The number of hydrogen-bond acceptors (Lipinski definition) is 2. The summed E-state index contributed by atoms with van der Waals surface area (Å²) >= 11 is 3.35. The van der Waals surface area contributed by atoms with E-state index in [9.17, 15) is 4.79 Å². The van der Waals surface area contributed by atoms with Crippen molar-refractivity contribution < 1.29 is 0 Å². The highest BCUT2D eigenvalue weighted by molar-refractivity contribution is 9.10. The average Bonchev–Trinajstić information content (AvgIpc) is 2.47. The van der Waals surface area contributed by atoms with Crippen LogP contribution in [0, 0.1) is 0 Å². The molecule has 72 valence electrons. The molecular formula is C8H12BrN3O. The Kier molecular flexibility index (Phi) is 2.55. The SMILES string of the molecule is O=c1[nH]c(Br)c(C2CCNCC2)[nH]1. The number of halogens is 1. The zero-order valence-corrected chi connectivity index (χ0v) is 8.78. The van der Waals surface area contributed by atoms with E-state index in [2.05, 4.69) is 31.2 Å². The second-order valence-corrected chi connectivity index (χ2v) is 4.12. The first-order valence-electron chi connectivity index (χ1n) is 4.46. The van der Waals surface area contributed by atoms with Gasteiger partial charge in [-0.15, -0.1) is 0 Å². The van der Waals surface area contributed by atoms with Crippen LogP contribution >= 0.6 is 15.9 Å².